The molecule has 0 spiro atoms. The fourth-order valence-corrected chi connectivity index (χ4v) is 4.79. The van der Waals surface area contributed by atoms with E-state index >= 15 is 0 Å². The molecule has 1 aromatic rings. The number of hydrogen-bond acceptors (Lipinski definition) is 3. The van der Waals surface area contributed by atoms with Gasteiger partial charge in [0.05, 0.1) is 4.90 Å². The van der Waals surface area contributed by atoms with Gasteiger partial charge in [-0.2, -0.15) is 0 Å². The highest BCUT2D eigenvalue weighted by Gasteiger charge is 2.28. The largest absolute Gasteiger partial charge is 0.315 e. The standard InChI is InChI=1S/C15H24N2O2S.ClH/c1-10-7-12(3)15(13(4)8-10)20(18,19)17-14-9-16-6-5-11(14)2;/h7-8,11,14,16-17H,5-6,9H2,1-4H3;1H. The van der Waals surface area contributed by atoms with Crippen LogP contribution in [-0.2, 0) is 10.0 Å². The van der Waals surface area contributed by atoms with Gasteiger partial charge in [0.2, 0.25) is 10.0 Å². The fourth-order valence-electron chi connectivity index (χ4n) is 3.00. The maximum atomic E-state index is 12.7. The first kappa shape index (κ1) is 18.4. The number of piperidine rings is 1. The highest BCUT2D eigenvalue weighted by molar-refractivity contribution is 7.89. The Balaban J connectivity index is 0.00000220. The molecule has 0 amide bonds. The van der Waals surface area contributed by atoms with E-state index in [2.05, 4.69) is 17.0 Å². The van der Waals surface area contributed by atoms with Crippen LogP contribution in [0, 0.1) is 26.7 Å². The van der Waals surface area contributed by atoms with Crippen LogP contribution < -0.4 is 10.0 Å². The first-order valence-electron chi connectivity index (χ1n) is 7.12. The van der Waals surface area contributed by atoms with Gasteiger partial charge in [0, 0.05) is 12.6 Å². The maximum Gasteiger partial charge on any atom is 0.241 e. The second-order valence-corrected chi connectivity index (χ2v) is 7.58. The molecule has 120 valence electrons. The summed E-state index contributed by atoms with van der Waals surface area (Å²) in [6.45, 7) is 9.46. The van der Waals surface area contributed by atoms with E-state index < -0.39 is 10.0 Å². The molecule has 0 bridgehead atoms. The van der Waals surface area contributed by atoms with Gasteiger partial charge in [-0.1, -0.05) is 24.6 Å². The van der Waals surface area contributed by atoms with Crippen LogP contribution in [0.5, 0.6) is 0 Å². The number of halogens is 1. The molecule has 2 N–H and O–H groups in total. The van der Waals surface area contributed by atoms with Gasteiger partial charge in [-0.05, 0) is 50.8 Å². The first-order chi connectivity index (χ1) is 9.31. The number of aryl methyl sites for hydroxylation is 3. The number of benzene rings is 1. The van der Waals surface area contributed by atoms with Gasteiger partial charge in [0.15, 0.2) is 0 Å². The third-order valence-electron chi connectivity index (χ3n) is 4.01. The normalized spacial score (nSPS) is 22.7. The molecule has 1 aliphatic rings. The predicted molar refractivity (Wildman–Crippen MR) is 88.7 cm³/mol. The molecule has 0 aliphatic carbocycles. The molecule has 21 heavy (non-hydrogen) atoms. The first-order valence-corrected chi connectivity index (χ1v) is 8.60. The van der Waals surface area contributed by atoms with Crippen molar-refractivity contribution < 1.29 is 8.42 Å². The molecule has 4 nitrogen and oxygen atoms in total. The van der Waals surface area contributed by atoms with Gasteiger partial charge in [0.25, 0.3) is 0 Å². The van der Waals surface area contributed by atoms with Gasteiger partial charge < -0.3 is 5.32 Å². The van der Waals surface area contributed by atoms with E-state index in [0.717, 1.165) is 29.7 Å². The second-order valence-electron chi connectivity index (χ2n) is 5.93. The molecule has 0 saturated carbocycles. The van der Waals surface area contributed by atoms with Crippen molar-refractivity contribution in [3.63, 3.8) is 0 Å². The maximum absolute atomic E-state index is 12.7. The van der Waals surface area contributed by atoms with Gasteiger partial charge in [0.1, 0.15) is 0 Å². The quantitative estimate of drug-likeness (QED) is 0.893. The molecule has 2 atom stereocenters. The summed E-state index contributed by atoms with van der Waals surface area (Å²) in [5, 5.41) is 3.25. The van der Waals surface area contributed by atoms with Crippen molar-refractivity contribution >= 4 is 22.4 Å². The monoisotopic (exact) mass is 332 g/mol. The number of nitrogens with one attached hydrogen (secondary N) is 2. The minimum absolute atomic E-state index is 0. The van der Waals surface area contributed by atoms with Crippen LogP contribution >= 0.6 is 12.4 Å². The van der Waals surface area contributed by atoms with Gasteiger partial charge in [-0.3, -0.25) is 0 Å². The SMILES string of the molecule is Cc1cc(C)c(S(=O)(=O)NC2CNCCC2C)c(C)c1.Cl. The van der Waals surface area contributed by atoms with E-state index in [-0.39, 0.29) is 18.4 Å². The molecule has 1 aromatic carbocycles. The van der Waals surface area contributed by atoms with Crippen molar-refractivity contribution in [3.8, 4) is 0 Å². The molecule has 1 heterocycles. The van der Waals surface area contributed by atoms with E-state index in [4.69, 9.17) is 0 Å². The number of hydrogen-bond donors (Lipinski definition) is 2. The molecular weight excluding hydrogens is 308 g/mol. The zero-order chi connectivity index (χ0) is 14.9. The van der Waals surface area contributed by atoms with Crippen molar-refractivity contribution in [1.82, 2.24) is 10.0 Å². The Bertz CT molecular complexity index is 579. The molecular formula is C15H25ClN2O2S. The number of rotatable bonds is 3. The lowest BCUT2D eigenvalue weighted by Gasteiger charge is -2.30. The van der Waals surface area contributed by atoms with Crippen molar-refractivity contribution in [2.24, 2.45) is 5.92 Å². The number of sulfonamides is 1. The Kier molecular flexibility index (Phi) is 6.23. The van der Waals surface area contributed by atoms with Crippen molar-refractivity contribution in [2.45, 2.75) is 45.1 Å². The summed E-state index contributed by atoms with van der Waals surface area (Å²) in [6, 6.07) is 3.81. The highest BCUT2D eigenvalue weighted by atomic mass is 35.5. The third-order valence-corrected chi connectivity index (χ3v) is 5.80. The van der Waals surface area contributed by atoms with Gasteiger partial charge in [-0.15, -0.1) is 12.4 Å². The second kappa shape index (κ2) is 7.09. The summed E-state index contributed by atoms with van der Waals surface area (Å²) in [6.07, 6.45) is 0.999. The lowest BCUT2D eigenvalue weighted by molar-refractivity contribution is 0.327. The third kappa shape index (κ3) is 4.19. The van der Waals surface area contributed by atoms with E-state index in [1.54, 1.807) is 0 Å². The molecule has 1 fully saturated rings. The Morgan fingerprint density at radius 3 is 2.29 bits per heavy atom. The Labute approximate surface area is 134 Å². The molecule has 1 aliphatic heterocycles. The summed E-state index contributed by atoms with van der Waals surface area (Å²) in [4.78, 5) is 0.431. The summed E-state index contributed by atoms with van der Waals surface area (Å²) in [5.41, 5.74) is 2.71. The van der Waals surface area contributed by atoms with Gasteiger partial charge >= 0.3 is 0 Å². The molecule has 1 saturated heterocycles. The summed E-state index contributed by atoms with van der Waals surface area (Å²) in [7, 11) is -3.46. The van der Waals surface area contributed by atoms with E-state index in [0.29, 0.717) is 17.4 Å². The zero-order valence-electron chi connectivity index (χ0n) is 13.1. The Morgan fingerprint density at radius 2 is 1.76 bits per heavy atom. The topological polar surface area (TPSA) is 58.2 Å². The van der Waals surface area contributed by atoms with E-state index in [9.17, 15) is 8.42 Å². The van der Waals surface area contributed by atoms with Crippen LogP contribution in [0.3, 0.4) is 0 Å². The predicted octanol–water partition coefficient (Wildman–Crippen LogP) is 2.31. The molecule has 0 radical (unpaired) electrons. The van der Waals surface area contributed by atoms with Crippen LogP contribution in [-0.4, -0.2) is 27.5 Å². The van der Waals surface area contributed by atoms with Crippen LogP contribution in [0.2, 0.25) is 0 Å². The lowest BCUT2D eigenvalue weighted by atomic mass is 9.96. The molecule has 0 aromatic heterocycles. The van der Waals surface area contributed by atoms with Crippen LogP contribution in [0.15, 0.2) is 17.0 Å². The average molecular weight is 333 g/mol. The minimum atomic E-state index is -3.46. The lowest BCUT2D eigenvalue weighted by Crippen LogP contribution is -2.50. The Morgan fingerprint density at radius 1 is 1.19 bits per heavy atom. The van der Waals surface area contributed by atoms with Crippen molar-refractivity contribution in [3.05, 3.63) is 28.8 Å². The van der Waals surface area contributed by atoms with Crippen LogP contribution in [0.1, 0.15) is 30.0 Å². The zero-order valence-corrected chi connectivity index (χ0v) is 14.7. The fraction of sp³-hybridized carbons (Fsp3) is 0.600. The average Bonchev–Trinajstić information content (AvgIpc) is 2.30. The summed E-state index contributed by atoms with van der Waals surface area (Å²) < 4.78 is 28.2. The minimum Gasteiger partial charge on any atom is -0.315 e. The van der Waals surface area contributed by atoms with Crippen molar-refractivity contribution in [1.29, 1.82) is 0 Å². The molecule has 6 heteroatoms. The van der Waals surface area contributed by atoms with Crippen molar-refractivity contribution in [2.75, 3.05) is 13.1 Å². The highest BCUT2D eigenvalue weighted by Crippen LogP contribution is 2.23. The van der Waals surface area contributed by atoms with Gasteiger partial charge in [-0.25, -0.2) is 13.1 Å². The van der Waals surface area contributed by atoms with E-state index in [1.807, 2.05) is 32.9 Å². The van der Waals surface area contributed by atoms with E-state index in [1.165, 1.54) is 0 Å². The molecule has 2 unspecified atom stereocenters. The summed E-state index contributed by atoms with van der Waals surface area (Å²) in [5.74, 6) is 0.358. The van der Waals surface area contributed by atoms with Crippen LogP contribution in [0.25, 0.3) is 0 Å². The molecule has 2 rings (SSSR count). The van der Waals surface area contributed by atoms with Crippen LogP contribution in [0.4, 0.5) is 0 Å². The smallest absolute Gasteiger partial charge is 0.241 e. The summed E-state index contributed by atoms with van der Waals surface area (Å²) >= 11 is 0. The Hall–Kier alpha value is -0.620.